The Morgan fingerprint density at radius 3 is 2.07 bits per heavy atom. The number of amides is 4. The van der Waals surface area contributed by atoms with E-state index in [1.807, 2.05) is 6.07 Å². The summed E-state index contributed by atoms with van der Waals surface area (Å²) in [7, 11) is 2.84. The van der Waals surface area contributed by atoms with Gasteiger partial charge in [0.1, 0.15) is 22.9 Å². The minimum Gasteiger partial charge on any atom is -0.497 e. The molecule has 0 bridgehead atoms. The number of nitrogens with zero attached hydrogens (tertiary/aromatic N) is 3. The number of rotatable bonds is 11. The third-order valence-electron chi connectivity index (χ3n) is 7.46. The smallest absolute Gasteiger partial charge is 0.347 e. The van der Waals surface area contributed by atoms with Crippen molar-refractivity contribution in [1.82, 2.24) is 14.9 Å². The summed E-state index contributed by atoms with van der Waals surface area (Å²) in [5.41, 5.74) is 5.86. The first-order valence-corrected chi connectivity index (χ1v) is 13.3. The highest BCUT2D eigenvalue weighted by atomic mass is 16.5. The number of hydrazine groups is 1. The standard InChI is InChI=1S/C31H33N5O7/c1-19(37)35(26(17-27(38)39)22-14-24(42-3)16-25(15-22)43-4)36-29(40)31(2,23-12-10-21(11-13-23)28(32)33)34(30(36)41)18-20-8-6-5-7-9-20/h5-16,26H,17-18H2,1-4H3,(H3,32,33)(H,38,39). The average molecular weight is 588 g/mol. The molecule has 1 fully saturated rings. The molecule has 4 rings (SSSR count). The number of benzene rings is 3. The molecule has 4 amide bonds. The topological polar surface area (TPSA) is 167 Å². The Hall–Kier alpha value is -5.39. The summed E-state index contributed by atoms with van der Waals surface area (Å²) >= 11 is 0. The molecule has 2 unspecified atom stereocenters. The number of carboxylic acids is 1. The van der Waals surface area contributed by atoms with Gasteiger partial charge in [-0.3, -0.25) is 24.7 Å². The van der Waals surface area contributed by atoms with Crippen LogP contribution in [0, 0.1) is 5.41 Å². The Morgan fingerprint density at radius 1 is 1.00 bits per heavy atom. The van der Waals surface area contributed by atoms with Crippen LogP contribution in [0.5, 0.6) is 11.5 Å². The maximum Gasteiger partial charge on any atom is 0.347 e. The number of carboxylic acid groups (broad SMARTS) is 1. The molecule has 0 aliphatic carbocycles. The minimum absolute atomic E-state index is 0.00912. The Bertz CT molecular complexity index is 1540. The number of nitrogen functional groups attached to an aromatic ring is 1. The van der Waals surface area contributed by atoms with Crippen LogP contribution in [0.15, 0.2) is 72.8 Å². The average Bonchev–Trinajstić information content (AvgIpc) is 3.17. The van der Waals surface area contributed by atoms with Crippen LogP contribution in [0.4, 0.5) is 4.79 Å². The molecule has 3 aromatic carbocycles. The van der Waals surface area contributed by atoms with Gasteiger partial charge in [0, 0.05) is 25.1 Å². The fourth-order valence-corrected chi connectivity index (χ4v) is 5.18. The van der Waals surface area contributed by atoms with E-state index in [2.05, 4.69) is 0 Å². The van der Waals surface area contributed by atoms with E-state index >= 15 is 0 Å². The number of nitrogens with one attached hydrogen (secondary N) is 1. The van der Waals surface area contributed by atoms with Crippen molar-refractivity contribution in [1.29, 1.82) is 5.41 Å². The largest absolute Gasteiger partial charge is 0.497 e. The minimum atomic E-state index is -1.62. The van der Waals surface area contributed by atoms with E-state index in [-0.39, 0.29) is 17.9 Å². The van der Waals surface area contributed by atoms with Gasteiger partial charge in [0.05, 0.1) is 26.7 Å². The number of methoxy groups -OCH3 is 2. The number of amidine groups is 1. The summed E-state index contributed by atoms with van der Waals surface area (Å²) in [5, 5.41) is 19.2. The molecule has 2 atom stereocenters. The maximum atomic E-state index is 14.5. The Morgan fingerprint density at radius 2 is 1.58 bits per heavy atom. The lowest BCUT2D eigenvalue weighted by Gasteiger charge is -2.35. The highest BCUT2D eigenvalue weighted by Crippen LogP contribution is 2.42. The van der Waals surface area contributed by atoms with Crippen LogP contribution < -0.4 is 15.2 Å². The zero-order valence-electron chi connectivity index (χ0n) is 24.2. The molecule has 1 aliphatic rings. The van der Waals surface area contributed by atoms with Gasteiger partial charge in [0.2, 0.25) is 5.91 Å². The zero-order chi connectivity index (χ0) is 31.5. The molecule has 0 radical (unpaired) electrons. The van der Waals surface area contributed by atoms with Crippen molar-refractivity contribution in [2.45, 2.75) is 38.4 Å². The normalized spacial score (nSPS) is 17.0. The third-order valence-corrected chi connectivity index (χ3v) is 7.46. The Balaban J connectivity index is 1.90. The lowest BCUT2D eigenvalue weighted by Crippen LogP contribution is -2.52. The van der Waals surface area contributed by atoms with Gasteiger partial charge in [-0.2, -0.15) is 5.01 Å². The van der Waals surface area contributed by atoms with Gasteiger partial charge in [-0.05, 0) is 35.7 Å². The molecule has 4 N–H and O–H groups in total. The van der Waals surface area contributed by atoms with Gasteiger partial charge in [0.25, 0.3) is 5.91 Å². The van der Waals surface area contributed by atoms with Crippen molar-refractivity contribution in [3.8, 4) is 11.5 Å². The molecule has 1 saturated heterocycles. The summed E-state index contributed by atoms with van der Waals surface area (Å²) in [6.07, 6.45) is -0.629. The molecule has 0 saturated carbocycles. The van der Waals surface area contributed by atoms with E-state index in [1.54, 1.807) is 61.5 Å². The van der Waals surface area contributed by atoms with Crippen molar-refractivity contribution in [3.05, 3.63) is 95.1 Å². The molecule has 0 aromatic heterocycles. The van der Waals surface area contributed by atoms with Crippen LogP contribution in [0.3, 0.4) is 0 Å². The molecular formula is C31H33N5O7. The van der Waals surface area contributed by atoms with Crippen molar-refractivity contribution >= 4 is 29.7 Å². The van der Waals surface area contributed by atoms with Gasteiger partial charge < -0.3 is 20.3 Å². The molecule has 1 heterocycles. The number of ether oxygens (including phenoxy) is 2. The number of carbonyl (C=O) groups is 4. The first-order valence-electron chi connectivity index (χ1n) is 13.3. The Kier molecular flexibility index (Phi) is 8.69. The van der Waals surface area contributed by atoms with E-state index in [0.717, 1.165) is 22.5 Å². The predicted octanol–water partition coefficient (Wildman–Crippen LogP) is 3.65. The third kappa shape index (κ3) is 5.85. The van der Waals surface area contributed by atoms with Crippen LogP contribution >= 0.6 is 0 Å². The number of hydrogen-bond acceptors (Lipinski definition) is 7. The predicted molar refractivity (Wildman–Crippen MR) is 156 cm³/mol. The maximum absolute atomic E-state index is 14.5. The molecule has 12 nitrogen and oxygen atoms in total. The van der Waals surface area contributed by atoms with Gasteiger partial charge in [0.15, 0.2) is 0 Å². The van der Waals surface area contributed by atoms with Crippen LogP contribution in [0.2, 0.25) is 0 Å². The van der Waals surface area contributed by atoms with Crippen LogP contribution in [0.1, 0.15) is 48.6 Å². The second kappa shape index (κ2) is 12.2. The van der Waals surface area contributed by atoms with E-state index in [9.17, 15) is 24.3 Å². The van der Waals surface area contributed by atoms with Crippen LogP contribution in [-0.4, -0.2) is 63.9 Å². The number of aliphatic carboxylic acids is 1. The molecular weight excluding hydrogens is 554 g/mol. The summed E-state index contributed by atoms with van der Waals surface area (Å²) < 4.78 is 10.7. The lowest BCUT2D eigenvalue weighted by molar-refractivity contribution is -0.162. The molecule has 43 heavy (non-hydrogen) atoms. The van der Waals surface area contributed by atoms with Crippen LogP contribution in [-0.2, 0) is 26.5 Å². The summed E-state index contributed by atoms with van der Waals surface area (Å²) in [6.45, 7) is 2.74. The quantitative estimate of drug-likeness (QED) is 0.174. The summed E-state index contributed by atoms with van der Waals surface area (Å²) in [4.78, 5) is 55.5. The molecule has 0 spiro atoms. The van der Waals surface area contributed by atoms with E-state index in [1.165, 1.54) is 31.3 Å². The molecule has 1 aliphatic heterocycles. The van der Waals surface area contributed by atoms with Gasteiger partial charge in [-0.25, -0.2) is 9.80 Å². The highest BCUT2D eigenvalue weighted by Gasteiger charge is 2.58. The molecule has 12 heteroatoms. The zero-order valence-corrected chi connectivity index (χ0v) is 24.2. The van der Waals surface area contributed by atoms with E-state index in [0.29, 0.717) is 22.6 Å². The van der Waals surface area contributed by atoms with Crippen molar-refractivity contribution in [3.63, 3.8) is 0 Å². The van der Waals surface area contributed by atoms with E-state index in [4.69, 9.17) is 20.6 Å². The number of imide groups is 1. The summed E-state index contributed by atoms with van der Waals surface area (Å²) in [6, 6.07) is 17.9. The van der Waals surface area contributed by atoms with Gasteiger partial charge >= 0.3 is 12.0 Å². The van der Waals surface area contributed by atoms with Crippen molar-refractivity contribution in [2.24, 2.45) is 5.73 Å². The number of urea groups is 1. The highest BCUT2D eigenvalue weighted by molar-refractivity contribution is 6.08. The fraction of sp³-hybridized carbons (Fsp3) is 0.258. The van der Waals surface area contributed by atoms with E-state index < -0.39 is 41.8 Å². The van der Waals surface area contributed by atoms with Crippen molar-refractivity contribution in [2.75, 3.05) is 14.2 Å². The SMILES string of the molecule is COc1cc(OC)cc(C(CC(=O)O)N(C(C)=O)N2C(=O)N(Cc3ccccc3)C(C)(c3ccc(C(=N)N)cc3)C2=O)c1. The fourth-order valence-electron chi connectivity index (χ4n) is 5.18. The second-order valence-corrected chi connectivity index (χ2v) is 10.2. The van der Waals surface area contributed by atoms with Gasteiger partial charge in [-0.15, -0.1) is 0 Å². The van der Waals surface area contributed by atoms with Crippen LogP contribution in [0.25, 0.3) is 0 Å². The number of nitrogens with two attached hydrogens (primary N) is 1. The number of carbonyl (C=O) groups excluding carboxylic acids is 3. The van der Waals surface area contributed by atoms with Gasteiger partial charge in [-0.1, -0.05) is 54.6 Å². The molecule has 3 aromatic rings. The first kappa shape index (κ1) is 30.6. The second-order valence-electron chi connectivity index (χ2n) is 10.2. The lowest BCUT2D eigenvalue weighted by atomic mass is 9.89. The number of hydrogen-bond donors (Lipinski definition) is 3. The summed E-state index contributed by atoms with van der Waals surface area (Å²) in [5.74, 6) is -2.26. The monoisotopic (exact) mass is 587 g/mol. The molecule has 224 valence electrons. The van der Waals surface area contributed by atoms with Crippen molar-refractivity contribution < 1.29 is 33.8 Å². The Labute approximate surface area is 248 Å². The first-order chi connectivity index (χ1) is 20.4.